The Kier molecular flexibility index (Phi) is 9.55. The monoisotopic (exact) mass is 506 g/mol. The number of anilines is 2. The smallest absolute Gasteiger partial charge is 0.410 e. The van der Waals surface area contributed by atoms with Gasteiger partial charge in [-0.25, -0.2) is 9.78 Å². The fourth-order valence-corrected chi connectivity index (χ4v) is 4.52. The molecule has 1 aromatic heterocycles. The summed E-state index contributed by atoms with van der Waals surface area (Å²) in [4.78, 5) is 30.5. The summed E-state index contributed by atoms with van der Waals surface area (Å²) in [5.74, 6) is 1.20. The highest BCUT2D eigenvalue weighted by Gasteiger charge is 2.29. The predicted octanol–water partition coefficient (Wildman–Crippen LogP) is 1.57. The number of rotatable bonds is 7. The van der Waals surface area contributed by atoms with Crippen LogP contribution in [0.25, 0.3) is 0 Å². The topological polar surface area (TPSA) is 133 Å². The minimum absolute atomic E-state index is 0.0593. The summed E-state index contributed by atoms with van der Waals surface area (Å²) in [5, 5.41) is 12.5. The molecule has 2 saturated heterocycles. The van der Waals surface area contributed by atoms with Gasteiger partial charge in [-0.1, -0.05) is 5.16 Å². The molecule has 202 valence electrons. The third kappa shape index (κ3) is 7.57. The zero-order valence-electron chi connectivity index (χ0n) is 22.3. The highest BCUT2D eigenvalue weighted by Crippen LogP contribution is 2.23. The van der Waals surface area contributed by atoms with Crippen LogP contribution in [0.3, 0.4) is 0 Å². The molecule has 1 atom stereocenters. The molecule has 2 aliphatic heterocycles. The second-order valence-corrected chi connectivity index (χ2v) is 10.4. The van der Waals surface area contributed by atoms with E-state index in [4.69, 9.17) is 20.2 Å². The number of piperazine rings is 1. The van der Waals surface area contributed by atoms with Crippen molar-refractivity contribution in [3.05, 3.63) is 11.8 Å². The molecule has 1 aromatic rings. The summed E-state index contributed by atoms with van der Waals surface area (Å²) in [6.45, 7) is 14.4. The van der Waals surface area contributed by atoms with Crippen LogP contribution in [-0.4, -0.2) is 115 Å². The first-order chi connectivity index (χ1) is 17.1. The molecule has 0 aromatic carbocycles. The predicted molar refractivity (Wildman–Crippen MR) is 139 cm³/mol. The molecule has 0 spiro atoms. The Balaban J connectivity index is 1.76. The zero-order valence-corrected chi connectivity index (χ0v) is 22.3. The van der Waals surface area contributed by atoms with Gasteiger partial charge in [0.15, 0.2) is 5.84 Å². The van der Waals surface area contributed by atoms with Crippen molar-refractivity contribution in [3.63, 3.8) is 0 Å². The van der Waals surface area contributed by atoms with E-state index in [0.717, 1.165) is 45.6 Å². The van der Waals surface area contributed by atoms with Crippen molar-refractivity contribution < 1.29 is 19.5 Å². The molecule has 0 saturated carbocycles. The lowest BCUT2D eigenvalue weighted by Crippen LogP contribution is -2.50. The summed E-state index contributed by atoms with van der Waals surface area (Å²) in [6, 6.07) is 1.93. The van der Waals surface area contributed by atoms with Crippen LogP contribution in [0.1, 0.15) is 46.2 Å². The number of carbonyl (C=O) groups is 1. The van der Waals surface area contributed by atoms with Crippen LogP contribution >= 0.6 is 0 Å². The van der Waals surface area contributed by atoms with Crippen LogP contribution in [0.5, 0.6) is 0 Å². The van der Waals surface area contributed by atoms with Crippen LogP contribution in [0, 0.1) is 0 Å². The second-order valence-electron chi connectivity index (χ2n) is 10.4. The Morgan fingerprint density at radius 3 is 2.56 bits per heavy atom. The Labute approximate surface area is 214 Å². The zero-order chi connectivity index (χ0) is 26.3. The number of oxime groups is 1. The standard InChI is InChI=1S/C24H42N8O4/c1-18-17-29(9-7-15-35-5)8-6-10-32(18)22-26-19(21(25)28-34)16-20(27-22)30-11-13-31(14-12-30)23(33)36-24(2,3)4/h16,18,34H,6-15,17H2,1-5H3,(H2,25,28)/t18-/m0/s1. The summed E-state index contributed by atoms with van der Waals surface area (Å²) in [7, 11) is 1.73. The number of amidine groups is 1. The molecule has 1 amide bonds. The van der Waals surface area contributed by atoms with Gasteiger partial charge in [-0.2, -0.15) is 4.98 Å². The highest BCUT2D eigenvalue weighted by atomic mass is 16.6. The molecule has 3 N–H and O–H groups in total. The minimum atomic E-state index is -0.533. The van der Waals surface area contributed by atoms with Crippen LogP contribution in [0.15, 0.2) is 11.2 Å². The molecule has 12 nitrogen and oxygen atoms in total. The molecular weight excluding hydrogens is 464 g/mol. The molecule has 0 aliphatic carbocycles. The van der Waals surface area contributed by atoms with E-state index in [1.807, 2.05) is 20.8 Å². The van der Waals surface area contributed by atoms with E-state index in [0.29, 0.717) is 43.6 Å². The van der Waals surface area contributed by atoms with Crippen molar-refractivity contribution >= 4 is 23.7 Å². The van der Waals surface area contributed by atoms with Gasteiger partial charge in [0.2, 0.25) is 5.95 Å². The van der Waals surface area contributed by atoms with Gasteiger partial charge in [0.25, 0.3) is 0 Å². The summed E-state index contributed by atoms with van der Waals surface area (Å²) >= 11 is 0. The molecule has 2 fully saturated rings. The van der Waals surface area contributed by atoms with E-state index < -0.39 is 5.60 Å². The van der Waals surface area contributed by atoms with Gasteiger partial charge in [-0.15, -0.1) is 0 Å². The van der Waals surface area contributed by atoms with Gasteiger partial charge in [0, 0.05) is 71.6 Å². The number of carbonyl (C=O) groups excluding carboxylic acids is 1. The number of amides is 1. The Morgan fingerprint density at radius 1 is 1.19 bits per heavy atom. The molecule has 12 heteroatoms. The number of nitrogens with zero attached hydrogens (tertiary/aromatic N) is 7. The maximum atomic E-state index is 12.5. The molecule has 36 heavy (non-hydrogen) atoms. The molecular formula is C24H42N8O4. The van der Waals surface area contributed by atoms with Crippen molar-refractivity contribution in [2.24, 2.45) is 10.9 Å². The first-order valence-electron chi connectivity index (χ1n) is 12.7. The average Bonchev–Trinajstić information content (AvgIpc) is 3.03. The van der Waals surface area contributed by atoms with E-state index in [1.54, 1.807) is 18.1 Å². The first-order valence-corrected chi connectivity index (χ1v) is 12.7. The van der Waals surface area contributed by atoms with Gasteiger partial charge < -0.3 is 40.0 Å². The van der Waals surface area contributed by atoms with Crippen LogP contribution < -0.4 is 15.5 Å². The maximum Gasteiger partial charge on any atom is 0.410 e. The van der Waals surface area contributed by atoms with Gasteiger partial charge in [0.1, 0.15) is 17.1 Å². The lowest BCUT2D eigenvalue weighted by Gasteiger charge is -2.36. The number of hydrogen-bond donors (Lipinski definition) is 2. The molecule has 3 rings (SSSR count). The molecule has 3 heterocycles. The van der Waals surface area contributed by atoms with Crippen LogP contribution in [-0.2, 0) is 9.47 Å². The van der Waals surface area contributed by atoms with Crippen LogP contribution in [0.2, 0.25) is 0 Å². The molecule has 2 aliphatic rings. The van der Waals surface area contributed by atoms with E-state index in [-0.39, 0.29) is 18.0 Å². The van der Waals surface area contributed by atoms with Crippen molar-refractivity contribution in [1.29, 1.82) is 0 Å². The van der Waals surface area contributed by atoms with Gasteiger partial charge in [-0.3, -0.25) is 0 Å². The van der Waals surface area contributed by atoms with E-state index >= 15 is 0 Å². The molecule has 0 unspecified atom stereocenters. The van der Waals surface area contributed by atoms with E-state index in [9.17, 15) is 10.0 Å². The summed E-state index contributed by atoms with van der Waals surface area (Å²) in [5.41, 5.74) is 5.79. The first kappa shape index (κ1) is 27.7. The maximum absolute atomic E-state index is 12.5. The quantitative estimate of drug-likeness (QED) is 0.185. The third-order valence-electron chi connectivity index (χ3n) is 6.33. The van der Waals surface area contributed by atoms with Crippen molar-refractivity contribution in [2.75, 3.05) is 75.9 Å². The lowest BCUT2D eigenvalue weighted by atomic mass is 10.2. The average molecular weight is 507 g/mol. The Bertz CT molecular complexity index is 899. The lowest BCUT2D eigenvalue weighted by molar-refractivity contribution is 0.0240. The molecule has 0 radical (unpaired) electrons. The van der Waals surface area contributed by atoms with Crippen LogP contribution in [0.4, 0.5) is 16.6 Å². The van der Waals surface area contributed by atoms with Gasteiger partial charge >= 0.3 is 6.09 Å². The van der Waals surface area contributed by atoms with Crippen molar-refractivity contribution in [3.8, 4) is 0 Å². The summed E-state index contributed by atoms with van der Waals surface area (Å²) < 4.78 is 10.7. The number of methoxy groups -OCH3 is 1. The normalized spacial score (nSPS) is 20.4. The van der Waals surface area contributed by atoms with Crippen molar-refractivity contribution in [2.45, 2.75) is 52.2 Å². The fourth-order valence-electron chi connectivity index (χ4n) is 4.52. The largest absolute Gasteiger partial charge is 0.444 e. The van der Waals surface area contributed by atoms with E-state index in [2.05, 4.69) is 31.8 Å². The molecule has 0 bridgehead atoms. The van der Waals surface area contributed by atoms with Crippen molar-refractivity contribution in [1.82, 2.24) is 19.8 Å². The number of ether oxygens (including phenoxy) is 2. The van der Waals surface area contributed by atoms with E-state index in [1.165, 1.54) is 0 Å². The Morgan fingerprint density at radius 2 is 1.92 bits per heavy atom. The van der Waals surface area contributed by atoms with Gasteiger partial charge in [0.05, 0.1) is 0 Å². The highest BCUT2D eigenvalue weighted by molar-refractivity contribution is 5.96. The second kappa shape index (κ2) is 12.4. The minimum Gasteiger partial charge on any atom is -0.444 e. The third-order valence-corrected chi connectivity index (χ3v) is 6.33. The number of hydrogen-bond acceptors (Lipinski definition) is 10. The Hall–Kier alpha value is -2.86. The SMILES string of the molecule is COCCCN1CCCN(c2nc(/C(N)=N/O)cc(N3CCN(C(=O)OC(C)(C)C)CC3)n2)[C@@H](C)C1. The fraction of sp³-hybridized carbons (Fsp3) is 0.750. The number of aromatic nitrogens is 2. The van der Waals surface area contributed by atoms with Gasteiger partial charge in [-0.05, 0) is 47.1 Å². The summed E-state index contributed by atoms with van der Waals surface area (Å²) in [6.07, 6.45) is 1.67. The number of nitrogens with two attached hydrogens (primary N) is 1.